The van der Waals surface area contributed by atoms with E-state index >= 15 is 0 Å². The average Bonchev–Trinajstić information content (AvgIpc) is 2.76. The number of hydrogen-bond donors (Lipinski definition) is 5. The van der Waals surface area contributed by atoms with Gasteiger partial charge in [-0.25, -0.2) is 4.21 Å². The second-order valence-corrected chi connectivity index (χ2v) is 7.71. The van der Waals surface area contributed by atoms with Crippen LogP contribution in [0.5, 0.6) is 23.0 Å². The number of phenolic OH excluding ortho intramolecular Hbond substituents is 3. The number of fused-ring (bicyclic) bond motifs is 1. The summed E-state index contributed by atoms with van der Waals surface area (Å²) in [6.45, 7) is -0.447. The zero-order valence-corrected chi connectivity index (χ0v) is 17.3. The molecule has 5 atom stereocenters. The number of aromatic hydroxyl groups is 3. The maximum atomic E-state index is 12.6. The number of hydrogen-bond acceptors (Lipinski definition) is 12. The first-order valence-corrected chi connectivity index (χ1v) is 10.4. The van der Waals surface area contributed by atoms with Gasteiger partial charge < -0.3 is 44.0 Å². The van der Waals surface area contributed by atoms with Crippen LogP contribution >= 0.6 is 0 Å². The van der Waals surface area contributed by atoms with Gasteiger partial charge in [0.25, 0.3) is 0 Å². The normalized spacial score (nSPS) is 24.0. The molecule has 176 valence electrons. The molecule has 2 aromatic carbocycles. The molecule has 2 heterocycles. The lowest BCUT2D eigenvalue weighted by Crippen LogP contribution is -2.56. The topological polar surface area (TPSA) is 199 Å². The molecule has 0 radical (unpaired) electrons. The van der Waals surface area contributed by atoms with Crippen molar-refractivity contribution in [3.63, 3.8) is 0 Å². The number of rotatable bonds is 5. The summed E-state index contributed by atoms with van der Waals surface area (Å²) in [6, 6.07) is 7.60. The number of phenols is 3. The fraction of sp³-hybridized carbons (Fsp3) is 0.250. The van der Waals surface area contributed by atoms with E-state index in [4.69, 9.17) is 13.9 Å². The van der Waals surface area contributed by atoms with E-state index in [0.29, 0.717) is 5.56 Å². The largest absolute Gasteiger partial charge is 0.750 e. The van der Waals surface area contributed by atoms with Crippen LogP contribution in [0.2, 0.25) is 0 Å². The second-order valence-electron chi connectivity index (χ2n) is 7.11. The Balaban J connectivity index is 1.77. The lowest BCUT2D eigenvalue weighted by molar-refractivity contribution is -0.234. The maximum Gasteiger partial charge on any atom is 0.230 e. The first kappa shape index (κ1) is 23.0. The highest BCUT2D eigenvalue weighted by molar-refractivity contribution is 7.74. The maximum absolute atomic E-state index is 12.6. The van der Waals surface area contributed by atoms with Gasteiger partial charge in [-0.2, -0.15) is 0 Å². The van der Waals surface area contributed by atoms with E-state index in [1.54, 1.807) is 0 Å². The summed E-state index contributed by atoms with van der Waals surface area (Å²) in [4.78, 5) is 12.6. The Morgan fingerprint density at radius 1 is 1.09 bits per heavy atom. The van der Waals surface area contributed by atoms with Crippen LogP contribution in [0.1, 0.15) is 0 Å². The third kappa shape index (κ3) is 4.50. The van der Waals surface area contributed by atoms with Gasteiger partial charge in [0.15, 0.2) is 22.9 Å². The molecular formula is C20H17O12S-. The molecule has 0 bridgehead atoms. The predicted molar refractivity (Wildman–Crippen MR) is 109 cm³/mol. The SMILES string of the molecule is O=c1cc(-c2ccc(O)cc2)oc2c(O)c(OC3OCC(O)C(O)C3OS(=O)[O-])cc(O)c12. The Bertz CT molecular complexity index is 1250. The monoisotopic (exact) mass is 481 g/mol. The first-order valence-electron chi connectivity index (χ1n) is 9.38. The Kier molecular flexibility index (Phi) is 6.25. The standard InChI is InChI=1S/C20H18O12S/c21-9-3-1-8(2-4-9)13-5-10(22)15-11(23)6-14(17(26)18(15)30-13)31-20-19(32-33(27)28)16(25)12(24)7-29-20/h1-6,12,16,19-21,23-26H,7H2,(H,27,28)/p-1. The lowest BCUT2D eigenvalue weighted by atomic mass is 10.1. The van der Waals surface area contributed by atoms with E-state index in [0.717, 1.165) is 12.1 Å². The minimum Gasteiger partial charge on any atom is -0.750 e. The molecule has 1 aliphatic heterocycles. The van der Waals surface area contributed by atoms with Crippen LogP contribution in [0, 0.1) is 0 Å². The van der Waals surface area contributed by atoms with Crippen molar-refractivity contribution < 1.29 is 52.4 Å². The fourth-order valence-electron chi connectivity index (χ4n) is 3.32. The highest BCUT2D eigenvalue weighted by Gasteiger charge is 2.42. The Labute approximate surface area is 187 Å². The molecule has 0 spiro atoms. The summed E-state index contributed by atoms with van der Waals surface area (Å²) >= 11 is -3.11. The lowest BCUT2D eigenvalue weighted by Gasteiger charge is -2.37. The van der Waals surface area contributed by atoms with E-state index in [2.05, 4.69) is 4.18 Å². The van der Waals surface area contributed by atoms with Crippen LogP contribution < -0.4 is 10.2 Å². The molecule has 1 saturated heterocycles. The van der Waals surface area contributed by atoms with E-state index in [1.807, 2.05) is 0 Å². The molecule has 1 aromatic heterocycles. The Morgan fingerprint density at radius 3 is 2.45 bits per heavy atom. The van der Waals surface area contributed by atoms with Gasteiger partial charge in [-0.3, -0.25) is 8.98 Å². The smallest absolute Gasteiger partial charge is 0.230 e. The van der Waals surface area contributed by atoms with Gasteiger partial charge in [-0.05, 0) is 24.3 Å². The summed E-state index contributed by atoms with van der Waals surface area (Å²) in [5, 5.41) is 49.9. The molecule has 4 rings (SSSR count). The van der Waals surface area contributed by atoms with Crippen LogP contribution in [-0.4, -0.2) is 65.5 Å². The van der Waals surface area contributed by atoms with Crippen molar-refractivity contribution in [2.24, 2.45) is 0 Å². The zero-order valence-electron chi connectivity index (χ0n) is 16.5. The van der Waals surface area contributed by atoms with Gasteiger partial charge in [0, 0.05) is 17.7 Å². The molecule has 33 heavy (non-hydrogen) atoms. The van der Waals surface area contributed by atoms with Crippen molar-refractivity contribution in [3.8, 4) is 34.3 Å². The van der Waals surface area contributed by atoms with Crippen molar-refractivity contribution in [1.29, 1.82) is 0 Å². The number of aliphatic hydroxyl groups is 2. The third-order valence-corrected chi connectivity index (χ3v) is 5.31. The molecule has 1 aliphatic rings. The van der Waals surface area contributed by atoms with Crippen molar-refractivity contribution >= 4 is 22.3 Å². The Morgan fingerprint density at radius 2 is 1.79 bits per heavy atom. The quantitative estimate of drug-likeness (QED) is 0.245. The summed E-state index contributed by atoms with van der Waals surface area (Å²) in [6.07, 6.45) is -6.52. The van der Waals surface area contributed by atoms with Crippen molar-refractivity contribution in [1.82, 2.24) is 0 Å². The fourth-order valence-corrected chi connectivity index (χ4v) is 3.71. The highest BCUT2D eigenvalue weighted by Crippen LogP contribution is 2.41. The van der Waals surface area contributed by atoms with Crippen LogP contribution in [0.25, 0.3) is 22.3 Å². The van der Waals surface area contributed by atoms with E-state index in [9.17, 15) is 39.1 Å². The Hall–Kier alpha value is -3.20. The molecule has 0 amide bonds. The molecule has 5 unspecified atom stereocenters. The third-order valence-electron chi connectivity index (χ3n) is 4.94. The van der Waals surface area contributed by atoms with Crippen LogP contribution in [-0.2, 0) is 20.3 Å². The van der Waals surface area contributed by atoms with Crippen molar-refractivity contribution in [2.75, 3.05) is 6.61 Å². The van der Waals surface area contributed by atoms with E-state index in [1.165, 1.54) is 24.3 Å². The molecule has 13 heteroatoms. The number of aliphatic hydroxyl groups excluding tert-OH is 2. The summed E-state index contributed by atoms with van der Waals surface area (Å²) in [5.74, 6) is -1.84. The highest BCUT2D eigenvalue weighted by atomic mass is 32.2. The summed E-state index contributed by atoms with van der Waals surface area (Å²) in [5.41, 5.74) is -0.743. The van der Waals surface area contributed by atoms with Gasteiger partial charge >= 0.3 is 0 Å². The molecule has 12 nitrogen and oxygen atoms in total. The van der Waals surface area contributed by atoms with Gasteiger partial charge in [0.05, 0.1) is 18.0 Å². The molecule has 0 aliphatic carbocycles. The van der Waals surface area contributed by atoms with Crippen molar-refractivity contribution in [2.45, 2.75) is 24.6 Å². The van der Waals surface area contributed by atoms with Gasteiger partial charge in [0.2, 0.25) is 12.0 Å². The van der Waals surface area contributed by atoms with E-state index < -0.39 is 70.8 Å². The zero-order chi connectivity index (χ0) is 23.9. The molecule has 0 saturated carbocycles. The van der Waals surface area contributed by atoms with Crippen LogP contribution in [0.4, 0.5) is 0 Å². The average molecular weight is 481 g/mol. The molecule has 3 aromatic rings. The number of benzene rings is 2. The summed E-state index contributed by atoms with van der Waals surface area (Å²) < 4.78 is 42.7. The molecule has 5 N–H and O–H groups in total. The second kappa shape index (κ2) is 8.97. The molecule has 1 fully saturated rings. The molecular weight excluding hydrogens is 464 g/mol. The van der Waals surface area contributed by atoms with Gasteiger partial charge in [0.1, 0.15) is 34.9 Å². The van der Waals surface area contributed by atoms with E-state index in [-0.39, 0.29) is 16.9 Å². The van der Waals surface area contributed by atoms with Crippen LogP contribution in [0.15, 0.2) is 45.6 Å². The van der Waals surface area contributed by atoms with Crippen molar-refractivity contribution in [3.05, 3.63) is 46.6 Å². The first-order chi connectivity index (χ1) is 15.7. The van der Waals surface area contributed by atoms with Gasteiger partial charge in [-0.15, -0.1) is 0 Å². The summed E-state index contributed by atoms with van der Waals surface area (Å²) in [7, 11) is 0. The van der Waals surface area contributed by atoms with Gasteiger partial charge in [-0.1, -0.05) is 0 Å². The minimum absolute atomic E-state index is 0.00905. The van der Waals surface area contributed by atoms with Crippen LogP contribution in [0.3, 0.4) is 0 Å². The number of ether oxygens (including phenoxy) is 2. The minimum atomic E-state index is -3.11. The predicted octanol–water partition coefficient (Wildman–Crippen LogP) is 0.213.